The Balaban J connectivity index is 2.06. The molecule has 2 rings (SSSR count). The number of benzene rings is 2. The number of phenolic OH excluding ortho intramolecular Hbond substituents is 1. The van der Waals surface area contributed by atoms with Gasteiger partial charge in [-0.3, -0.25) is 5.43 Å². The molecular weight excluding hydrogens is 212 g/mol. The number of nitrogens with zero attached hydrogens (tertiary/aromatic N) is 1. The van der Waals surface area contributed by atoms with Crippen LogP contribution in [0, 0.1) is 6.92 Å². The number of aromatic hydroxyl groups is 1. The highest BCUT2D eigenvalue weighted by Gasteiger charge is 1.93. The van der Waals surface area contributed by atoms with E-state index in [2.05, 4.69) is 10.5 Å². The van der Waals surface area contributed by atoms with E-state index in [-0.39, 0.29) is 5.75 Å². The molecule has 0 spiro atoms. The molecule has 3 heteroatoms. The number of para-hydroxylation sites is 1. The molecular formula is C14H14N2O. The maximum atomic E-state index is 9.29. The van der Waals surface area contributed by atoms with Crippen molar-refractivity contribution in [1.29, 1.82) is 0 Å². The zero-order valence-electron chi connectivity index (χ0n) is 9.59. The molecule has 0 unspecified atom stereocenters. The predicted octanol–water partition coefficient (Wildman–Crippen LogP) is 3.15. The number of rotatable bonds is 3. The van der Waals surface area contributed by atoms with Crippen LogP contribution in [-0.2, 0) is 0 Å². The Morgan fingerprint density at radius 3 is 2.71 bits per heavy atom. The van der Waals surface area contributed by atoms with Crippen LogP contribution in [0.3, 0.4) is 0 Å². The van der Waals surface area contributed by atoms with Crippen molar-refractivity contribution < 1.29 is 5.11 Å². The van der Waals surface area contributed by atoms with Crippen LogP contribution in [0.1, 0.15) is 11.1 Å². The summed E-state index contributed by atoms with van der Waals surface area (Å²) in [4.78, 5) is 0. The van der Waals surface area contributed by atoms with Crippen molar-refractivity contribution in [3.05, 3.63) is 59.7 Å². The highest BCUT2D eigenvalue weighted by Crippen LogP contribution is 2.13. The Morgan fingerprint density at radius 1 is 1.12 bits per heavy atom. The van der Waals surface area contributed by atoms with E-state index in [1.807, 2.05) is 37.3 Å². The van der Waals surface area contributed by atoms with E-state index < -0.39 is 0 Å². The zero-order chi connectivity index (χ0) is 12.1. The summed E-state index contributed by atoms with van der Waals surface area (Å²) >= 11 is 0. The molecule has 0 fully saturated rings. The zero-order valence-corrected chi connectivity index (χ0v) is 9.59. The molecule has 3 nitrogen and oxygen atoms in total. The highest BCUT2D eigenvalue weighted by molar-refractivity contribution is 5.80. The minimum absolute atomic E-state index is 0.241. The lowest BCUT2D eigenvalue weighted by Crippen LogP contribution is -1.92. The van der Waals surface area contributed by atoms with Crippen LogP contribution in [0.4, 0.5) is 5.69 Å². The standard InChI is InChI=1S/C14H14N2O/c1-11-5-2-3-8-14(11)16-15-10-12-6-4-7-13(17)9-12/h2-10,16-17H,1H3/b15-10+. The summed E-state index contributed by atoms with van der Waals surface area (Å²) in [6.45, 7) is 2.02. The van der Waals surface area contributed by atoms with E-state index in [4.69, 9.17) is 0 Å². The van der Waals surface area contributed by atoms with Crippen molar-refractivity contribution in [2.75, 3.05) is 5.43 Å². The average molecular weight is 226 g/mol. The number of hydrogen-bond donors (Lipinski definition) is 2. The summed E-state index contributed by atoms with van der Waals surface area (Å²) in [6, 6.07) is 14.9. The van der Waals surface area contributed by atoms with Gasteiger partial charge in [0.15, 0.2) is 0 Å². The molecule has 2 aromatic rings. The van der Waals surface area contributed by atoms with E-state index in [0.29, 0.717) is 0 Å². The van der Waals surface area contributed by atoms with E-state index >= 15 is 0 Å². The Bertz CT molecular complexity index is 535. The molecule has 0 aliphatic carbocycles. The SMILES string of the molecule is Cc1ccccc1N/N=C/c1cccc(O)c1. The molecule has 0 bridgehead atoms. The Morgan fingerprint density at radius 2 is 1.94 bits per heavy atom. The third-order valence-electron chi connectivity index (χ3n) is 2.41. The fourth-order valence-corrected chi connectivity index (χ4v) is 1.48. The van der Waals surface area contributed by atoms with Gasteiger partial charge in [0.2, 0.25) is 0 Å². The lowest BCUT2D eigenvalue weighted by molar-refractivity contribution is 0.475. The fourth-order valence-electron chi connectivity index (χ4n) is 1.48. The number of hydrazone groups is 1. The fraction of sp³-hybridized carbons (Fsp3) is 0.0714. The van der Waals surface area contributed by atoms with Crippen LogP contribution in [0.15, 0.2) is 53.6 Å². The van der Waals surface area contributed by atoms with E-state index in [9.17, 15) is 5.11 Å². The Labute approximate surface area is 100 Å². The van der Waals surface area contributed by atoms with Crippen molar-refractivity contribution >= 4 is 11.9 Å². The van der Waals surface area contributed by atoms with Crippen molar-refractivity contribution in [3.8, 4) is 5.75 Å². The van der Waals surface area contributed by atoms with Crippen molar-refractivity contribution in [2.45, 2.75) is 6.92 Å². The summed E-state index contributed by atoms with van der Waals surface area (Å²) in [5.74, 6) is 0.241. The van der Waals surface area contributed by atoms with Crippen molar-refractivity contribution in [2.24, 2.45) is 5.10 Å². The number of phenols is 1. The second-order valence-corrected chi connectivity index (χ2v) is 3.78. The Kier molecular flexibility index (Phi) is 3.40. The molecule has 0 aliphatic heterocycles. The molecule has 86 valence electrons. The highest BCUT2D eigenvalue weighted by atomic mass is 16.3. The van der Waals surface area contributed by atoms with Gasteiger partial charge in [-0.2, -0.15) is 5.10 Å². The number of hydrogen-bond acceptors (Lipinski definition) is 3. The first kappa shape index (κ1) is 11.2. The van der Waals surface area contributed by atoms with Crippen molar-refractivity contribution in [3.63, 3.8) is 0 Å². The predicted molar refractivity (Wildman–Crippen MR) is 70.5 cm³/mol. The molecule has 0 saturated carbocycles. The quantitative estimate of drug-likeness (QED) is 0.623. The van der Waals surface area contributed by atoms with Gasteiger partial charge in [-0.25, -0.2) is 0 Å². The summed E-state index contributed by atoms with van der Waals surface area (Å²) in [5, 5.41) is 13.4. The minimum atomic E-state index is 0.241. The van der Waals surface area contributed by atoms with Gasteiger partial charge in [0.25, 0.3) is 0 Å². The molecule has 0 atom stereocenters. The van der Waals surface area contributed by atoms with E-state index in [1.165, 1.54) is 0 Å². The van der Waals surface area contributed by atoms with Gasteiger partial charge in [-0.1, -0.05) is 30.3 Å². The number of anilines is 1. The third-order valence-corrected chi connectivity index (χ3v) is 2.41. The van der Waals surface area contributed by atoms with Gasteiger partial charge < -0.3 is 5.11 Å². The van der Waals surface area contributed by atoms with Gasteiger partial charge in [0.05, 0.1) is 11.9 Å². The van der Waals surface area contributed by atoms with Crippen LogP contribution in [0.2, 0.25) is 0 Å². The van der Waals surface area contributed by atoms with Crippen LogP contribution < -0.4 is 5.43 Å². The smallest absolute Gasteiger partial charge is 0.116 e. The molecule has 2 aromatic carbocycles. The first-order valence-electron chi connectivity index (χ1n) is 5.39. The Hall–Kier alpha value is -2.29. The maximum Gasteiger partial charge on any atom is 0.116 e. The van der Waals surface area contributed by atoms with Gasteiger partial charge in [0, 0.05) is 0 Å². The van der Waals surface area contributed by atoms with Gasteiger partial charge in [-0.15, -0.1) is 0 Å². The summed E-state index contributed by atoms with van der Waals surface area (Å²) < 4.78 is 0. The molecule has 0 amide bonds. The van der Waals surface area contributed by atoms with E-state index in [1.54, 1.807) is 24.4 Å². The second-order valence-electron chi connectivity index (χ2n) is 3.78. The van der Waals surface area contributed by atoms with Crippen LogP contribution in [0.25, 0.3) is 0 Å². The summed E-state index contributed by atoms with van der Waals surface area (Å²) in [5.41, 5.74) is 5.94. The number of aryl methyl sites for hydroxylation is 1. The lowest BCUT2D eigenvalue weighted by Gasteiger charge is -2.03. The lowest BCUT2D eigenvalue weighted by atomic mass is 10.2. The maximum absolute atomic E-state index is 9.29. The van der Waals surface area contributed by atoms with Gasteiger partial charge >= 0.3 is 0 Å². The molecule has 0 radical (unpaired) electrons. The molecule has 0 aromatic heterocycles. The van der Waals surface area contributed by atoms with Gasteiger partial charge in [0.1, 0.15) is 5.75 Å². The number of nitrogens with one attached hydrogen (secondary N) is 1. The molecule has 17 heavy (non-hydrogen) atoms. The first-order chi connectivity index (χ1) is 8.25. The monoisotopic (exact) mass is 226 g/mol. The molecule has 0 saturated heterocycles. The average Bonchev–Trinajstić information content (AvgIpc) is 2.32. The van der Waals surface area contributed by atoms with Crippen LogP contribution >= 0.6 is 0 Å². The normalized spacial score (nSPS) is 10.6. The van der Waals surface area contributed by atoms with Crippen LogP contribution in [-0.4, -0.2) is 11.3 Å². The first-order valence-corrected chi connectivity index (χ1v) is 5.39. The molecule has 2 N–H and O–H groups in total. The topological polar surface area (TPSA) is 44.6 Å². The largest absolute Gasteiger partial charge is 0.508 e. The third kappa shape index (κ3) is 3.08. The molecule has 0 heterocycles. The van der Waals surface area contributed by atoms with Crippen LogP contribution in [0.5, 0.6) is 5.75 Å². The second kappa shape index (κ2) is 5.16. The van der Waals surface area contributed by atoms with E-state index in [0.717, 1.165) is 16.8 Å². The minimum Gasteiger partial charge on any atom is -0.508 e. The molecule has 0 aliphatic rings. The van der Waals surface area contributed by atoms with Crippen molar-refractivity contribution in [1.82, 2.24) is 0 Å². The summed E-state index contributed by atoms with van der Waals surface area (Å²) in [7, 11) is 0. The van der Waals surface area contributed by atoms with Gasteiger partial charge in [-0.05, 0) is 36.2 Å². The summed E-state index contributed by atoms with van der Waals surface area (Å²) in [6.07, 6.45) is 1.67.